The van der Waals surface area contributed by atoms with Crippen LogP contribution in [-0.4, -0.2) is 28.7 Å². The van der Waals surface area contributed by atoms with E-state index in [0.29, 0.717) is 13.0 Å². The van der Waals surface area contributed by atoms with E-state index < -0.39 is 20.7 Å². The van der Waals surface area contributed by atoms with Crippen molar-refractivity contribution in [2.24, 2.45) is 5.73 Å². The first kappa shape index (κ1) is 18.3. The van der Waals surface area contributed by atoms with Gasteiger partial charge in [0.2, 0.25) is 10.0 Å². The SMILES string of the molecule is COCCCCCNS(=O)(=O)c1cc(Cl)cc(CN)c1F. The van der Waals surface area contributed by atoms with Gasteiger partial charge in [-0.2, -0.15) is 0 Å². The Hall–Kier alpha value is -0.730. The Morgan fingerprint density at radius 3 is 2.67 bits per heavy atom. The maximum absolute atomic E-state index is 14.0. The van der Waals surface area contributed by atoms with Gasteiger partial charge in [0, 0.05) is 37.4 Å². The lowest BCUT2D eigenvalue weighted by molar-refractivity contribution is 0.192. The normalized spacial score (nSPS) is 11.8. The van der Waals surface area contributed by atoms with Gasteiger partial charge in [0.1, 0.15) is 10.7 Å². The fraction of sp³-hybridized carbons (Fsp3) is 0.538. The molecule has 0 bridgehead atoms. The van der Waals surface area contributed by atoms with Crippen LogP contribution >= 0.6 is 11.6 Å². The lowest BCUT2D eigenvalue weighted by Gasteiger charge is -2.10. The molecule has 0 atom stereocenters. The lowest BCUT2D eigenvalue weighted by atomic mass is 10.2. The summed E-state index contributed by atoms with van der Waals surface area (Å²) in [5.41, 5.74) is 5.45. The number of nitrogens with two attached hydrogens (primary N) is 1. The molecule has 0 radical (unpaired) electrons. The molecule has 0 saturated heterocycles. The molecule has 1 aromatic carbocycles. The number of sulfonamides is 1. The van der Waals surface area contributed by atoms with E-state index in [-0.39, 0.29) is 23.7 Å². The third kappa shape index (κ3) is 5.52. The Labute approximate surface area is 129 Å². The summed E-state index contributed by atoms with van der Waals surface area (Å²) in [7, 11) is -2.32. The van der Waals surface area contributed by atoms with Crippen molar-refractivity contribution in [3.63, 3.8) is 0 Å². The molecule has 0 spiro atoms. The van der Waals surface area contributed by atoms with Crippen LogP contribution in [0.2, 0.25) is 5.02 Å². The van der Waals surface area contributed by atoms with Crippen LogP contribution in [0.5, 0.6) is 0 Å². The molecule has 0 amide bonds. The minimum absolute atomic E-state index is 0.0722. The van der Waals surface area contributed by atoms with Gasteiger partial charge in [-0.15, -0.1) is 0 Å². The van der Waals surface area contributed by atoms with E-state index in [9.17, 15) is 12.8 Å². The topological polar surface area (TPSA) is 81.4 Å². The monoisotopic (exact) mass is 338 g/mol. The van der Waals surface area contributed by atoms with Crippen molar-refractivity contribution in [1.29, 1.82) is 0 Å². The van der Waals surface area contributed by atoms with Gasteiger partial charge in [-0.25, -0.2) is 17.5 Å². The van der Waals surface area contributed by atoms with E-state index in [1.165, 1.54) is 6.07 Å². The molecule has 0 aliphatic rings. The largest absolute Gasteiger partial charge is 0.385 e. The van der Waals surface area contributed by atoms with Gasteiger partial charge < -0.3 is 10.5 Å². The number of rotatable bonds is 9. The standard InChI is InChI=1S/C13H20ClFN2O3S/c1-20-6-4-2-3-5-17-21(18,19)12-8-11(14)7-10(9-16)13(12)15/h7-8,17H,2-6,9,16H2,1H3. The second-order valence-corrected chi connectivity index (χ2v) is 6.70. The number of methoxy groups -OCH3 is 1. The summed E-state index contributed by atoms with van der Waals surface area (Å²) < 4.78 is 45.5. The maximum atomic E-state index is 14.0. The Bertz CT molecular complexity index is 567. The number of halogens is 2. The smallest absolute Gasteiger partial charge is 0.243 e. The van der Waals surface area contributed by atoms with Crippen molar-refractivity contribution in [3.8, 4) is 0 Å². The third-order valence-corrected chi connectivity index (χ3v) is 4.58. The number of hydrogen-bond acceptors (Lipinski definition) is 4. The predicted molar refractivity (Wildman–Crippen MR) is 80.2 cm³/mol. The van der Waals surface area contributed by atoms with E-state index in [2.05, 4.69) is 4.72 Å². The summed E-state index contributed by atoms with van der Waals surface area (Å²) in [5, 5.41) is 0.136. The van der Waals surface area contributed by atoms with Crippen LogP contribution in [0.3, 0.4) is 0 Å². The van der Waals surface area contributed by atoms with Gasteiger partial charge in [0.05, 0.1) is 0 Å². The molecule has 21 heavy (non-hydrogen) atoms. The number of unbranched alkanes of at least 4 members (excludes halogenated alkanes) is 2. The molecule has 0 unspecified atom stereocenters. The highest BCUT2D eigenvalue weighted by Crippen LogP contribution is 2.23. The van der Waals surface area contributed by atoms with E-state index in [1.807, 2.05) is 0 Å². The van der Waals surface area contributed by atoms with Crippen molar-refractivity contribution in [1.82, 2.24) is 4.72 Å². The Morgan fingerprint density at radius 1 is 1.33 bits per heavy atom. The van der Waals surface area contributed by atoms with Crippen molar-refractivity contribution < 1.29 is 17.5 Å². The first-order chi connectivity index (χ1) is 9.92. The predicted octanol–water partition coefficient (Wildman–Crippen LogP) is 2.03. The molecule has 0 aliphatic carbocycles. The van der Waals surface area contributed by atoms with Crippen molar-refractivity contribution >= 4 is 21.6 Å². The molecule has 5 nitrogen and oxygen atoms in total. The molecule has 0 aromatic heterocycles. The van der Waals surface area contributed by atoms with Gasteiger partial charge in [0.25, 0.3) is 0 Å². The summed E-state index contributed by atoms with van der Waals surface area (Å²) in [5.74, 6) is -0.853. The summed E-state index contributed by atoms with van der Waals surface area (Å²) in [6, 6.07) is 2.41. The third-order valence-electron chi connectivity index (χ3n) is 2.91. The summed E-state index contributed by atoms with van der Waals surface area (Å²) >= 11 is 5.80. The number of hydrogen-bond donors (Lipinski definition) is 2. The van der Waals surface area contributed by atoms with Gasteiger partial charge in [-0.05, 0) is 31.4 Å². The summed E-state index contributed by atoms with van der Waals surface area (Å²) in [4.78, 5) is -0.465. The van der Waals surface area contributed by atoms with Gasteiger partial charge in [-0.3, -0.25) is 0 Å². The number of ether oxygens (including phenoxy) is 1. The zero-order valence-corrected chi connectivity index (χ0v) is 13.4. The fourth-order valence-corrected chi connectivity index (χ4v) is 3.32. The van der Waals surface area contributed by atoms with Gasteiger partial charge in [0.15, 0.2) is 0 Å². The fourth-order valence-electron chi connectivity index (χ4n) is 1.79. The molecule has 1 aromatic rings. The van der Waals surface area contributed by atoms with Gasteiger partial charge in [-0.1, -0.05) is 11.6 Å². The molecule has 0 aliphatic heterocycles. The highest BCUT2D eigenvalue weighted by Gasteiger charge is 2.21. The first-order valence-corrected chi connectivity index (χ1v) is 8.45. The second kappa shape index (κ2) is 8.65. The summed E-state index contributed by atoms with van der Waals surface area (Å²) in [6.07, 6.45) is 2.32. The Kier molecular flexibility index (Phi) is 7.55. The average molecular weight is 339 g/mol. The molecule has 8 heteroatoms. The average Bonchev–Trinajstić information content (AvgIpc) is 2.44. The van der Waals surface area contributed by atoms with E-state index in [4.69, 9.17) is 22.1 Å². The molecule has 0 saturated carbocycles. The molecular weight excluding hydrogens is 319 g/mol. The summed E-state index contributed by atoms with van der Waals surface area (Å²) in [6.45, 7) is 0.747. The van der Waals surface area contributed by atoms with Crippen LogP contribution in [0.1, 0.15) is 24.8 Å². The Balaban J connectivity index is 2.72. The maximum Gasteiger partial charge on any atom is 0.243 e. The number of benzene rings is 1. The van der Waals surface area contributed by atoms with E-state index in [1.54, 1.807) is 7.11 Å². The highest BCUT2D eigenvalue weighted by molar-refractivity contribution is 7.89. The van der Waals surface area contributed by atoms with Crippen LogP contribution in [-0.2, 0) is 21.3 Å². The van der Waals surface area contributed by atoms with Crippen molar-refractivity contribution in [2.45, 2.75) is 30.7 Å². The van der Waals surface area contributed by atoms with Gasteiger partial charge >= 0.3 is 0 Å². The first-order valence-electron chi connectivity index (χ1n) is 6.59. The molecule has 1 rings (SSSR count). The van der Waals surface area contributed by atoms with Crippen LogP contribution in [0.15, 0.2) is 17.0 Å². The molecule has 0 fully saturated rings. The van der Waals surface area contributed by atoms with Crippen LogP contribution in [0, 0.1) is 5.82 Å². The molecular formula is C13H20ClFN2O3S. The van der Waals surface area contributed by atoms with E-state index in [0.717, 1.165) is 18.9 Å². The van der Waals surface area contributed by atoms with Crippen LogP contribution in [0.4, 0.5) is 4.39 Å². The molecule has 3 N–H and O–H groups in total. The highest BCUT2D eigenvalue weighted by atomic mass is 35.5. The minimum Gasteiger partial charge on any atom is -0.385 e. The lowest BCUT2D eigenvalue weighted by Crippen LogP contribution is -2.26. The molecule has 120 valence electrons. The Morgan fingerprint density at radius 2 is 2.05 bits per heavy atom. The molecule has 0 heterocycles. The zero-order valence-electron chi connectivity index (χ0n) is 11.9. The quantitative estimate of drug-likeness (QED) is 0.675. The zero-order chi connectivity index (χ0) is 15.9. The van der Waals surface area contributed by atoms with E-state index >= 15 is 0 Å². The van der Waals surface area contributed by atoms with Crippen molar-refractivity contribution in [3.05, 3.63) is 28.5 Å². The minimum atomic E-state index is -3.94. The number of nitrogens with one attached hydrogen (secondary N) is 1. The van der Waals surface area contributed by atoms with Crippen LogP contribution < -0.4 is 10.5 Å². The second-order valence-electron chi connectivity index (χ2n) is 4.53. The van der Waals surface area contributed by atoms with Crippen molar-refractivity contribution in [2.75, 3.05) is 20.3 Å². The van der Waals surface area contributed by atoms with Crippen LogP contribution in [0.25, 0.3) is 0 Å².